The first kappa shape index (κ1) is 19.8. The van der Waals surface area contributed by atoms with Crippen LogP contribution in [-0.4, -0.2) is 54.2 Å². The van der Waals surface area contributed by atoms with Crippen molar-refractivity contribution in [3.05, 3.63) is 53.6 Å². The van der Waals surface area contributed by atoms with Crippen molar-refractivity contribution in [3.8, 4) is 11.1 Å². The van der Waals surface area contributed by atoms with E-state index < -0.39 is 0 Å². The van der Waals surface area contributed by atoms with Crippen LogP contribution in [0.1, 0.15) is 18.1 Å². The van der Waals surface area contributed by atoms with Crippen LogP contribution in [0.15, 0.2) is 42.5 Å². The summed E-state index contributed by atoms with van der Waals surface area (Å²) in [4.78, 5) is 5.00. The Morgan fingerprint density at radius 1 is 1.07 bits per heavy atom. The third kappa shape index (κ3) is 5.28. The van der Waals surface area contributed by atoms with Gasteiger partial charge in [-0.1, -0.05) is 36.4 Å². The van der Waals surface area contributed by atoms with Gasteiger partial charge >= 0.3 is 0 Å². The Hall–Kier alpha value is -1.95. The highest BCUT2D eigenvalue weighted by Gasteiger charge is 2.19. The van der Waals surface area contributed by atoms with Crippen molar-refractivity contribution in [2.75, 3.05) is 38.5 Å². The molecular weight excluding hydrogens is 352 g/mol. The van der Waals surface area contributed by atoms with Crippen molar-refractivity contribution in [1.29, 1.82) is 0 Å². The van der Waals surface area contributed by atoms with E-state index in [9.17, 15) is 0 Å². The van der Waals surface area contributed by atoms with Gasteiger partial charge in [-0.05, 0) is 67.9 Å². The summed E-state index contributed by atoms with van der Waals surface area (Å²) in [5, 5.41) is 3.36. The molecule has 1 atom stereocenters. The fourth-order valence-corrected chi connectivity index (χ4v) is 3.75. The summed E-state index contributed by atoms with van der Waals surface area (Å²) >= 11 is 4.97. The van der Waals surface area contributed by atoms with Crippen LogP contribution in [0.2, 0.25) is 0 Å². The number of anilines is 1. The summed E-state index contributed by atoms with van der Waals surface area (Å²) in [5.41, 5.74) is 11.5. The van der Waals surface area contributed by atoms with Crippen LogP contribution >= 0.6 is 12.2 Å². The van der Waals surface area contributed by atoms with Crippen molar-refractivity contribution in [2.45, 2.75) is 26.3 Å². The molecule has 3 N–H and O–H groups in total. The maximum absolute atomic E-state index is 5.63. The summed E-state index contributed by atoms with van der Waals surface area (Å²) in [5.74, 6) is 0. The number of nitrogens with two attached hydrogens (primary N) is 1. The molecular formula is C22H30N4S. The second-order valence-electron chi connectivity index (χ2n) is 7.61. The number of benzene rings is 2. The molecule has 0 bridgehead atoms. The molecule has 1 aliphatic heterocycles. The maximum Gasteiger partial charge on any atom is 0.168 e. The van der Waals surface area contributed by atoms with Gasteiger partial charge in [0.1, 0.15) is 0 Å². The number of piperazine rings is 1. The number of nitrogens with zero attached hydrogens (tertiary/aromatic N) is 2. The van der Waals surface area contributed by atoms with Gasteiger partial charge in [-0.3, -0.25) is 4.90 Å². The maximum atomic E-state index is 5.63. The number of likely N-dealkylation sites (N-methyl/N-ethyl adjacent to an activating group) is 1. The minimum absolute atomic E-state index is 0.295. The van der Waals surface area contributed by atoms with Gasteiger partial charge in [-0.25, -0.2) is 0 Å². The molecule has 2 aromatic carbocycles. The van der Waals surface area contributed by atoms with Crippen LogP contribution in [0.5, 0.6) is 0 Å². The lowest BCUT2D eigenvalue weighted by Gasteiger charge is -2.36. The average Bonchev–Trinajstić information content (AvgIpc) is 2.64. The van der Waals surface area contributed by atoms with E-state index in [4.69, 9.17) is 18.0 Å². The molecule has 3 rings (SSSR count). The second-order valence-corrected chi connectivity index (χ2v) is 8.05. The Labute approximate surface area is 168 Å². The van der Waals surface area contributed by atoms with Gasteiger partial charge in [-0.2, -0.15) is 0 Å². The molecule has 4 nitrogen and oxygen atoms in total. The van der Waals surface area contributed by atoms with Crippen LogP contribution in [0.25, 0.3) is 11.1 Å². The van der Waals surface area contributed by atoms with Gasteiger partial charge in [0.15, 0.2) is 5.11 Å². The molecule has 1 saturated heterocycles. The first-order valence-corrected chi connectivity index (χ1v) is 10.0. The average molecular weight is 383 g/mol. The smallest absolute Gasteiger partial charge is 0.168 e. The fourth-order valence-electron chi connectivity index (χ4n) is 3.64. The lowest BCUT2D eigenvalue weighted by molar-refractivity contribution is 0.118. The molecule has 1 heterocycles. The van der Waals surface area contributed by atoms with Crippen LogP contribution in [-0.2, 0) is 6.42 Å². The zero-order valence-corrected chi connectivity index (χ0v) is 17.4. The van der Waals surface area contributed by atoms with Crippen LogP contribution < -0.4 is 11.1 Å². The Bertz CT molecular complexity index is 779. The first-order valence-electron chi connectivity index (χ1n) is 9.61. The molecule has 144 valence electrons. The number of hydrogen-bond donors (Lipinski definition) is 2. The van der Waals surface area contributed by atoms with Crippen molar-refractivity contribution in [1.82, 2.24) is 9.80 Å². The third-order valence-electron chi connectivity index (χ3n) is 5.48. The lowest BCUT2D eigenvalue weighted by Crippen LogP contribution is -2.48. The van der Waals surface area contributed by atoms with E-state index in [1.54, 1.807) is 0 Å². The van der Waals surface area contributed by atoms with Crippen LogP contribution in [0, 0.1) is 6.92 Å². The van der Waals surface area contributed by atoms with Gasteiger partial charge in [-0.15, -0.1) is 0 Å². The molecule has 2 aromatic rings. The van der Waals surface area contributed by atoms with E-state index >= 15 is 0 Å². The van der Waals surface area contributed by atoms with E-state index in [0.717, 1.165) is 36.3 Å². The van der Waals surface area contributed by atoms with E-state index in [1.165, 1.54) is 24.2 Å². The van der Waals surface area contributed by atoms with Gasteiger partial charge < -0.3 is 16.0 Å². The molecule has 1 unspecified atom stereocenters. The number of nitrogens with one attached hydrogen (secondary N) is 1. The highest BCUT2D eigenvalue weighted by molar-refractivity contribution is 7.80. The summed E-state index contributed by atoms with van der Waals surface area (Å²) < 4.78 is 0. The molecule has 27 heavy (non-hydrogen) atoms. The van der Waals surface area contributed by atoms with Crippen molar-refractivity contribution in [3.63, 3.8) is 0 Å². The largest absolute Gasteiger partial charge is 0.376 e. The highest BCUT2D eigenvalue weighted by atomic mass is 32.1. The number of thiocarbonyl (C=S) groups is 1. The minimum Gasteiger partial charge on any atom is -0.376 e. The summed E-state index contributed by atoms with van der Waals surface area (Å²) in [6, 6.07) is 15.8. The van der Waals surface area contributed by atoms with Crippen molar-refractivity contribution >= 4 is 23.0 Å². The highest BCUT2D eigenvalue weighted by Crippen LogP contribution is 2.26. The van der Waals surface area contributed by atoms with Gasteiger partial charge in [0, 0.05) is 37.9 Å². The molecule has 0 aromatic heterocycles. The summed E-state index contributed by atoms with van der Waals surface area (Å²) in [6.45, 7) is 9.05. The van der Waals surface area contributed by atoms with E-state index in [2.05, 4.69) is 71.6 Å². The van der Waals surface area contributed by atoms with Crippen molar-refractivity contribution < 1.29 is 0 Å². The van der Waals surface area contributed by atoms with Crippen LogP contribution in [0.3, 0.4) is 0 Å². The zero-order valence-electron chi connectivity index (χ0n) is 16.5. The Kier molecular flexibility index (Phi) is 6.47. The molecule has 0 aliphatic carbocycles. The molecule has 0 amide bonds. The Morgan fingerprint density at radius 3 is 2.33 bits per heavy atom. The van der Waals surface area contributed by atoms with E-state index in [-0.39, 0.29) is 0 Å². The monoisotopic (exact) mass is 382 g/mol. The third-order valence-corrected chi connectivity index (χ3v) is 5.58. The summed E-state index contributed by atoms with van der Waals surface area (Å²) in [7, 11) is 2.20. The van der Waals surface area contributed by atoms with Crippen LogP contribution in [0.4, 0.5) is 5.69 Å². The number of rotatable bonds is 5. The molecule has 1 aliphatic rings. The van der Waals surface area contributed by atoms with Gasteiger partial charge in [0.25, 0.3) is 0 Å². The standard InChI is InChI=1S/C22H30N4S/c1-16-4-7-20(15-21(16)24-22(23)27)19-8-5-18(6-9-19)14-17(2)26-12-10-25(3)11-13-26/h4-9,15,17H,10-14H2,1-3H3,(H3,23,24,27). The topological polar surface area (TPSA) is 44.5 Å². The number of aryl methyl sites for hydroxylation is 1. The minimum atomic E-state index is 0.295. The normalized spacial score (nSPS) is 16.9. The van der Waals surface area contributed by atoms with E-state index in [0.29, 0.717) is 11.2 Å². The van der Waals surface area contributed by atoms with Gasteiger partial charge in [0.05, 0.1) is 0 Å². The predicted molar refractivity (Wildman–Crippen MR) is 119 cm³/mol. The number of hydrogen-bond acceptors (Lipinski definition) is 3. The molecule has 0 spiro atoms. The van der Waals surface area contributed by atoms with Gasteiger partial charge in [0.2, 0.25) is 0 Å². The fraction of sp³-hybridized carbons (Fsp3) is 0.409. The first-order chi connectivity index (χ1) is 12.9. The predicted octanol–water partition coefficient (Wildman–Crippen LogP) is 3.50. The molecule has 5 heteroatoms. The molecule has 0 saturated carbocycles. The summed E-state index contributed by atoms with van der Waals surface area (Å²) in [6.07, 6.45) is 1.09. The molecule has 1 fully saturated rings. The Balaban J connectivity index is 1.67. The van der Waals surface area contributed by atoms with E-state index in [1.807, 2.05) is 6.92 Å². The molecule has 0 radical (unpaired) electrons. The van der Waals surface area contributed by atoms with Crippen molar-refractivity contribution in [2.24, 2.45) is 5.73 Å². The Morgan fingerprint density at radius 2 is 1.70 bits per heavy atom. The lowest BCUT2D eigenvalue weighted by atomic mass is 9.99. The quantitative estimate of drug-likeness (QED) is 0.775. The SMILES string of the molecule is Cc1ccc(-c2ccc(CC(C)N3CCN(C)CC3)cc2)cc1NC(N)=S. The zero-order chi connectivity index (χ0) is 19.4. The second kappa shape index (κ2) is 8.83.